The van der Waals surface area contributed by atoms with Gasteiger partial charge in [0.2, 0.25) is 5.91 Å². The van der Waals surface area contributed by atoms with Gasteiger partial charge in [-0.3, -0.25) is 4.79 Å². The minimum atomic E-state index is -0.360. The molecule has 0 unspecified atom stereocenters. The van der Waals surface area contributed by atoms with Crippen LogP contribution < -0.4 is 5.73 Å². The van der Waals surface area contributed by atoms with E-state index in [1.807, 2.05) is 0 Å². The van der Waals surface area contributed by atoms with E-state index >= 15 is 0 Å². The number of carbonyl (C=O) groups is 2. The molecule has 1 aliphatic heterocycles. The number of rotatable bonds is 3. The number of nitrogens with two attached hydrogens (primary N) is 1. The first-order chi connectivity index (χ1) is 8.58. The van der Waals surface area contributed by atoms with Crippen molar-refractivity contribution in [3.8, 4) is 0 Å². The lowest BCUT2D eigenvalue weighted by atomic mass is 10.3. The molecule has 0 aromatic heterocycles. The summed E-state index contributed by atoms with van der Waals surface area (Å²) >= 11 is 0. The van der Waals surface area contributed by atoms with Crippen LogP contribution in [0.5, 0.6) is 0 Å². The minimum absolute atomic E-state index is 0.115. The zero-order chi connectivity index (χ0) is 13.5. The molecule has 1 fully saturated rings. The van der Waals surface area contributed by atoms with Gasteiger partial charge in [0.15, 0.2) is 0 Å². The zero-order valence-electron chi connectivity index (χ0n) is 10.3. The predicted octanol–water partition coefficient (Wildman–Crippen LogP) is -0.576. The summed E-state index contributed by atoms with van der Waals surface area (Å²) in [6.45, 7) is 3.80. The molecule has 0 aromatic carbocycles. The van der Waals surface area contributed by atoms with Crippen LogP contribution in [-0.2, 0) is 9.53 Å². The van der Waals surface area contributed by atoms with Gasteiger partial charge in [-0.2, -0.15) is 0 Å². The average molecular weight is 258 g/mol. The van der Waals surface area contributed by atoms with Crippen LogP contribution in [0.1, 0.15) is 13.3 Å². The molecule has 0 atom stereocenters. The first-order valence-electron chi connectivity index (χ1n) is 5.74. The third kappa shape index (κ3) is 3.79. The lowest BCUT2D eigenvalue weighted by Gasteiger charge is -2.34. The Balaban J connectivity index is 2.39. The summed E-state index contributed by atoms with van der Waals surface area (Å²) in [6.07, 6.45) is -0.475. The molecule has 1 heterocycles. The molecule has 0 aromatic rings. The molecule has 1 rings (SSSR count). The van der Waals surface area contributed by atoms with E-state index in [1.165, 1.54) is 0 Å². The Morgan fingerprint density at radius 2 is 1.83 bits per heavy atom. The van der Waals surface area contributed by atoms with E-state index in [9.17, 15) is 9.59 Å². The fourth-order valence-electron chi connectivity index (χ4n) is 1.66. The van der Waals surface area contributed by atoms with Gasteiger partial charge in [0.25, 0.3) is 0 Å². The van der Waals surface area contributed by atoms with Crippen LogP contribution in [0, 0.1) is 0 Å². The standard InChI is InChI=1S/C10H18N4O4/c1-2-18-10(16)14-5-3-13(4-6-14)9(15)7-8(11)12-17/h17H,2-7H2,1H3,(H2,11,12). The summed E-state index contributed by atoms with van der Waals surface area (Å²) in [6, 6.07) is 0. The van der Waals surface area contributed by atoms with E-state index in [1.54, 1.807) is 16.7 Å². The maximum absolute atomic E-state index is 11.7. The van der Waals surface area contributed by atoms with Gasteiger partial charge in [-0.25, -0.2) is 4.79 Å². The van der Waals surface area contributed by atoms with E-state index < -0.39 is 0 Å². The summed E-state index contributed by atoms with van der Waals surface area (Å²) < 4.78 is 4.87. The zero-order valence-corrected chi connectivity index (χ0v) is 10.3. The first kappa shape index (κ1) is 14.1. The molecule has 102 valence electrons. The highest BCUT2D eigenvalue weighted by Crippen LogP contribution is 2.05. The molecule has 0 aliphatic carbocycles. The lowest BCUT2D eigenvalue weighted by molar-refractivity contribution is -0.131. The first-order valence-corrected chi connectivity index (χ1v) is 5.74. The molecule has 0 saturated carbocycles. The van der Waals surface area contributed by atoms with Crippen molar-refractivity contribution in [1.29, 1.82) is 0 Å². The van der Waals surface area contributed by atoms with Crippen molar-refractivity contribution in [3.05, 3.63) is 0 Å². The van der Waals surface area contributed by atoms with Crippen LogP contribution in [0.3, 0.4) is 0 Å². The topological polar surface area (TPSA) is 108 Å². The average Bonchev–Trinajstić information content (AvgIpc) is 2.39. The van der Waals surface area contributed by atoms with E-state index in [0.29, 0.717) is 32.8 Å². The number of oxime groups is 1. The maximum atomic E-state index is 11.7. The Labute approximate surface area is 105 Å². The fraction of sp³-hybridized carbons (Fsp3) is 0.700. The monoisotopic (exact) mass is 258 g/mol. The molecule has 8 heteroatoms. The van der Waals surface area contributed by atoms with Crippen LogP contribution in [0.4, 0.5) is 4.79 Å². The Bertz CT molecular complexity index is 337. The van der Waals surface area contributed by atoms with E-state index in [0.717, 1.165) is 0 Å². The summed E-state index contributed by atoms with van der Waals surface area (Å²) in [5, 5.41) is 11.1. The summed E-state index contributed by atoms with van der Waals surface area (Å²) in [5.74, 6) is -0.332. The number of hydrogen-bond acceptors (Lipinski definition) is 5. The highest BCUT2D eigenvalue weighted by atomic mass is 16.6. The highest BCUT2D eigenvalue weighted by molar-refractivity contribution is 5.98. The number of hydrogen-bond donors (Lipinski definition) is 2. The van der Waals surface area contributed by atoms with Crippen molar-refractivity contribution < 1.29 is 19.5 Å². The molecule has 1 aliphatic rings. The summed E-state index contributed by atoms with van der Waals surface area (Å²) in [5.41, 5.74) is 5.26. The Kier molecular flexibility index (Phi) is 5.22. The molecule has 0 radical (unpaired) electrons. The second-order valence-corrected chi connectivity index (χ2v) is 3.83. The normalized spacial score (nSPS) is 16.6. The fourth-order valence-corrected chi connectivity index (χ4v) is 1.66. The third-order valence-corrected chi connectivity index (χ3v) is 2.62. The van der Waals surface area contributed by atoms with E-state index in [-0.39, 0.29) is 24.3 Å². The van der Waals surface area contributed by atoms with Gasteiger partial charge in [-0.05, 0) is 6.92 Å². The Morgan fingerprint density at radius 1 is 1.28 bits per heavy atom. The Hall–Kier alpha value is -1.99. The van der Waals surface area contributed by atoms with Crippen LogP contribution >= 0.6 is 0 Å². The number of amides is 2. The van der Waals surface area contributed by atoms with Crippen LogP contribution in [0.2, 0.25) is 0 Å². The molecular formula is C10H18N4O4. The lowest BCUT2D eigenvalue weighted by Crippen LogP contribution is -2.51. The summed E-state index contributed by atoms with van der Waals surface area (Å²) in [7, 11) is 0. The van der Waals surface area contributed by atoms with Crippen molar-refractivity contribution in [2.45, 2.75) is 13.3 Å². The molecule has 2 amide bonds. The van der Waals surface area contributed by atoms with Crippen molar-refractivity contribution >= 4 is 17.8 Å². The number of amidine groups is 1. The summed E-state index contributed by atoms with van der Waals surface area (Å²) in [4.78, 5) is 26.2. The number of nitrogens with zero attached hydrogens (tertiary/aromatic N) is 3. The minimum Gasteiger partial charge on any atom is -0.450 e. The second-order valence-electron chi connectivity index (χ2n) is 3.83. The third-order valence-electron chi connectivity index (χ3n) is 2.62. The SMILES string of the molecule is CCOC(=O)N1CCN(C(=O)CC(N)=NO)CC1. The molecule has 0 spiro atoms. The Morgan fingerprint density at radius 3 is 2.33 bits per heavy atom. The smallest absolute Gasteiger partial charge is 0.409 e. The predicted molar refractivity (Wildman–Crippen MR) is 63.2 cm³/mol. The molecule has 8 nitrogen and oxygen atoms in total. The maximum Gasteiger partial charge on any atom is 0.409 e. The van der Waals surface area contributed by atoms with Gasteiger partial charge in [-0.15, -0.1) is 0 Å². The molecule has 0 bridgehead atoms. The molecular weight excluding hydrogens is 240 g/mol. The quantitative estimate of drug-likeness (QED) is 0.305. The van der Waals surface area contributed by atoms with Crippen molar-refractivity contribution in [3.63, 3.8) is 0 Å². The number of piperazine rings is 1. The van der Waals surface area contributed by atoms with Gasteiger partial charge < -0.3 is 25.5 Å². The van der Waals surface area contributed by atoms with Gasteiger partial charge in [0, 0.05) is 26.2 Å². The van der Waals surface area contributed by atoms with Gasteiger partial charge in [0.1, 0.15) is 5.84 Å². The van der Waals surface area contributed by atoms with Crippen molar-refractivity contribution in [2.24, 2.45) is 10.9 Å². The van der Waals surface area contributed by atoms with Crippen molar-refractivity contribution in [1.82, 2.24) is 9.80 Å². The van der Waals surface area contributed by atoms with Gasteiger partial charge >= 0.3 is 6.09 Å². The van der Waals surface area contributed by atoms with Gasteiger partial charge in [-0.1, -0.05) is 5.16 Å². The van der Waals surface area contributed by atoms with Crippen LogP contribution in [0.15, 0.2) is 5.16 Å². The molecule has 3 N–H and O–H groups in total. The van der Waals surface area contributed by atoms with Crippen molar-refractivity contribution in [2.75, 3.05) is 32.8 Å². The van der Waals surface area contributed by atoms with E-state index in [2.05, 4.69) is 5.16 Å². The van der Waals surface area contributed by atoms with Crippen LogP contribution in [0.25, 0.3) is 0 Å². The number of carbonyl (C=O) groups excluding carboxylic acids is 2. The number of ether oxygens (including phenoxy) is 1. The largest absolute Gasteiger partial charge is 0.450 e. The molecule has 18 heavy (non-hydrogen) atoms. The van der Waals surface area contributed by atoms with Crippen LogP contribution in [-0.4, -0.2) is 65.6 Å². The molecule has 1 saturated heterocycles. The van der Waals surface area contributed by atoms with E-state index in [4.69, 9.17) is 15.7 Å². The second kappa shape index (κ2) is 6.67. The van der Waals surface area contributed by atoms with Gasteiger partial charge in [0.05, 0.1) is 13.0 Å². The highest BCUT2D eigenvalue weighted by Gasteiger charge is 2.24.